The average Bonchev–Trinajstić information content (AvgIpc) is 3.92. The number of aromatic nitrogens is 5. The Labute approximate surface area is 381 Å². The highest BCUT2D eigenvalue weighted by Gasteiger charge is 2.23. The van der Waals surface area contributed by atoms with Crippen molar-refractivity contribution in [3.05, 3.63) is 237 Å². The van der Waals surface area contributed by atoms with Gasteiger partial charge in [0.15, 0.2) is 17.5 Å². The Morgan fingerprint density at radius 1 is 0.288 bits per heavy atom. The van der Waals surface area contributed by atoms with Crippen LogP contribution in [0.15, 0.2) is 237 Å². The second kappa shape index (κ2) is 15.4. The molecule has 0 saturated carbocycles. The lowest BCUT2D eigenvalue weighted by Gasteiger charge is -2.15. The Morgan fingerprint density at radius 2 is 0.803 bits per heavy atom. The molecule has 0 amide bonds. The molecule has 308 valence electrons. The molecule has 0 saturated heterocycles. The van der Waals surface area contributed by atoms with Gasteiger partial charge in [0, 0.05) is 43.9 Å². The van der Waals surface area contributed by atoms with Gasteiger partial charge < -0.3 is 9.13 Å². The maximum absolute atomic E-state index is 5.32. The summed E-state index contributed by atoms with van der Waals surface area (Å²) in [7, 11) is 0. The van der Waals surface area contributed by atoms with Gasteiger partial charge in [0.2, 0.25) is 0 Å². The lowest BCUT2D eigenvalue weighted by molar-refractivity contribution is 1.08. The first-order chi connectivity index (χ1) is 32.7. The van der Waals surface area contributed by atoms with E-state index < -0.39 is 0 Å². The minimum atomic E-state index is 0.619. The van der Waals surface area contributed by atoms with Crippen LogP contribution in [0.1, 0.15) is 0 Å². The molecule has 5 nitrogen and oxygen atoms in total. The van der Waals surface area contributed by atoms with Crippen LogP contribution in [0.3, 0.4) is 0 Å². The Bertz CT molecular complexity index is 3980. The Kier molecular flexibility index (Phi) is 8.78. The summed E-state index contributed by atoms with van der Waals surface area (Å²) in [6.45, 7) is 0. The molecule has 0 unspecified atom stereocenters. The summed E-state index contributed by atoms with van der Waals surface area (Å²) in [5.41, 5.74) is 14.2. The quantitative estimate of drug-likeness (QED) is 0.161. The lowest BCUT2D eigenvalue weighted by Crippen LogP contribution is -2.01. The van der Waals surface area contributed by atoms with Gasteiger partial charge in [-0.2, -0.15) is 0 Å². The van der Waals surface area contributed by atoms with Crippen molar-refractivity contribution in [1.82, 2.24) is 24.1 Å². The summed E-state index contributed by atoms with van der Waals surface area (Å²) >= 11 is 0. The maximum atomic E-state index is 5.32. The second-order valence-electron chi connectivity index (χ2n) is 16.8. The molecular formula is C61H39N5. The van der Waals surface area contributed by atoms with Crippen molar-refractivity contribution in [1.29, 1.82) is 0 Å². The van der Waals surface area contributed by atoms with Gasteiger partial charge in [-0.3, -0.25) is 0 Å². The van der Waals surface area contributed by atoms with E-state index in [-0.39, 0.29) is 0 Å². The van der Waals surface area contributed by atoms with E-state index in [1.165, 1.54) is 32.7 Å². The van der Waals surface area contributed by atoms with Crippen LogP contribution in [0.5, 0.6) is 0 Å². The third-order valence-corrected chi connectivity index (χ3v) is 13.0. The fraction of sp³-hybridized carbons (Fsp3) is 0. The molecule has 10 aromatic carbocycles. The molecule has 0 bridgehead atoms. The zero-order valence-electron chi connectivity index (χ0n) is 35.8. The van der Waals surface area contributed by atoms with Crippen molar-refractivity contribution in [2.24, 2.45) is 0 Å². The minimum absolute atomic E-state index is 0.619. The van der Waals surface area contributed by atoms with Crippen molar-refractivity contribution in [2.75, 3.05) is 0 Å². The standard InChI is InChI=1S/C61H39N5/c1-3-16-40(17-4-1)45-22-13-23-46(38-45)42-32-34-44(35-33-42)60-62-59(43-19-5-2-6-20-43)63-61(64-60)52-27-15-30-55-57(52)51-25-10-12-29-54(51)66(55)56-31-14-26-50-49-24-9-11-28-53(49)65(58(50)56)48-37-36-41-18-7-8-21-47(41)39-48/h1-39H. The summed E-state index contributed by atoms with van der Waals surface area (Å²) in [4.78, 5) is 15.7. The third kappa shape index (κ3) is 6.21. The molecule has 0 aliphatic heterocycles. The predicted octanol–water partition coefficient (Wildman–Crippen LogP) is 15.6. The zero-order valence-corrected chi connectivity index (χ0v) is 35.8. The monoisotopic (exact) mass is 841 g/mol. The first-order valence-corrected chi connectivity index (χ1v) is 22.4. The van der Waals surface area contributed by atoms with E-state index >= 15 is 0 Å². The van der Waals surface area contributed by atoms with E-state index in [0.717, 1.165) is 72.0 Å². The minimum Gasteiger partial charge on any atom is -0.307 e. The molecule has 0 aliphatic rings. The number of nitrogens with zero attached hydrogens (tertiary/aromatic N) is 5. The number of fused-ring (bicyclic) bond motifs is 7. The fourth-order valence-corrected chi connectivity index (χ4v) is 9.89. The molecule has 13 aromatic rings. The number of hydrogen-bond acceptors (Lipinski definition) is 3. The summed E-state index contributed by atoms with van der Waals surface area (Å²) in [5.74, 6) is 1.87. The SMILES string of the molecule is c1ccc(-c2cccc(-c3ccc(-c4nc(-c5ccccc5)nc(-c5cccc6c5c5ccccc5n6-c5cccc6c7ccccc7n(-c7ccc8ccccc8c7)c56)n4)cc3)c2)cc1. The summed E-state index contributed by atoms with van der Waals surface area (Å²) in [6, 6.07) is 84.0. The summed E-state index contributed by atoms with van der Waals surface area (Å²) in [6.07, 6.45) is 0. The fourth-order valence-electron chi connectivity index (χ4n) is 9.89. The van der Waals surface area contributed by atoms with Gasteiger partial charge in [-0.05, 0) is 75.5 Å². The van der Waals surface area contributed by atoms with Gasteiger partial charge in [0.05, 0.1) is 27.8 Å². The molecule has 0 N–H and O–H groups in total. The van der Waals surface area contributed by atoms with Crippen LogP contribution < -0.4 is 0 Å². The molecule has 3 heterocycles. The molecule has 5 heteroatoms. The molecule has 0 radical (unpaired) electrons. The highest BCUT2D eigenvalue weighted by Crippen LogP contribution is 2.42. The van der Waals surface area contributed by atoms with Gasteiger partial charge in [-0.15, -0.1) is 0 Å². The van der Waals surface area contributed by atoms with Gasteiger partial charge in [-0.25, -0.2) is 15.0 Å². The number of rotatable bonds is 7. The topological polar surface area (TPSA) is 48.5 Å². The van der Waals surface area contributed by atoms with Crippen LogP contribution in [0, 0.1) is 0 Å². The first kappa shape index (κ1) is 37.6. The molecule has 13 rings (SSSR count). The van der Waals surface area contributed by atoms with Gasteiger partial charge >= 0.3 is 0 Å². The Balaban J connectivity index is 1.00. The van der Waals surface area contributed by atoms with Gasteiger partial charge in [0.25, 0.3) is 0 Å². The highest BCUT2D eigenvalue weighted by molar-refractivity contribution is 6.18. The molecule has 0 fully saturated rings. The van der Waals surface area contributed by atoms with Crippen LogP contribution in [-0.4, -0.2) is 24.1 Å². The van der Waals surface area contributed by atoms with Gasteiger partial charge in [-0.1, -0.05) is 194 Å². The first-order valence-electron chi connectivity index (χ1n) is 22.4. The largest absolute Gasteiger partial charge is 0.307 e. The van der Waals surface area contributed by atoms with Crippen molar-refractivity contribution in [3.63, 3.8) is 0 Å². The van der Waals surface area contributed by atoms with E-state index in [9.17, 15) is 0 Å². The third-order valence-electron chi connectivity index (χ3n) is 13.0. The molecule has 0 spiro atoms. The number of para-hydroxylation sites is 3. The van der Waals surface area contributed by atoms with E-state index in [4.69, 9.17) is 15.0 Å². The lowest BCUT2D eigenvalue weighted by atomic mass is 9.98. The van der Waals surface area contributed by atoms with E-state index in [1.807, 2.05) is 18.2 Å². The van der Waals surface area contributed by atoms with Crippen molar-refractivity contribution >= 4 is 54.4 Å². The van der Waals surface area contributed by atoms with Crippen LogP contribution in [0.2, 0.25) is 0 Å². The maximum Gasteiger partial charge on any atom is 0.164 e. The molecule has 66 heavy (non-hydrogen) atoms. The van der Waals surface area contributed by atoms with Crippen molar-refractivity contribution < 1.29 is 0 Å². The Morgan fingerprint density at radius 3 is 1.56 bits per heavy atom. The molecule has 0 atom stereocenters. The smallest absolute Gasteiger partial charge is 0.164 e. The van der Waals surface area contributed by atoms with Crippen molar-refractivity contribution in [3.8, 4) is 67.8 Å². The van der Waals surface area contributed by atoms with E-state index in [1.54, 1.807) is 0 Å². The van der Waals surface area contributed by atoms with Crippen LogP contribution in [-0.2, 0) is 0 Å². The van der Waals surface area contributed by atoms with E-state index in [0.29, 0.717) is 17.5 Å². The number of hydrogen-bond donors (Lipinski definition) is 0. The van der Waals surface area contributed by atoms with Crippen LogP contribution in [0.4, 0.5) is 0 Å². The average molecular weight is 842 g/mol. The van der Waals surface area contributed by atoms with Gasteiger partial charge in [0.1, 0.15) is 0 Å². The van der Waals surface area contributed by atoms with Crippen LogP contribution in [0.25, 0.3) is 122 Å². The summed E-state index contributed by atoms with van der Waals surface area (Å²) < 4.78 is 4.87. The Hall–Kier alpha value is -8.93. The molecule has 0 aliphatic carbocycles. The zero-order chi connectivity index (χ0) is 43.6. The highest BCUT2D eigenvalue weighted by atomic mass is 15.1. The molecular weight excluding hydrogens is 803 g/mol. The normalized spacial score (nSPS) is 11.6. The van der Waals surface area contributed by atoms with Crippen molar-refractivity contribution in [2.45, 2.75) is 0 Å². The molecule has 3 aromatic heterocycles. The van der Waals surface area contributed by atoms with Crippen LogP contribution >= 0.6 is 0 Å². The predicted molar refractivity (Wildman–Crippen MR) is 273 cm³/mol. The number of benzene rings is 10. The van der Waals surface area contributed by atoms with E-state index in [2.05, 4.69) is 228 Å². The summed E-state index contributed by atoms with van der Waals surface area (Å²) in [5, 5.41) is 7.04. The second-order valence-corrected chi connectivity index (χ2v) is 16.8.